The molecule has 3 rings (SSSR count). The number of alkyl halides is 3. The molecule has 1 amide bonds. The van der Waals surface area contributed by atoms with Crippen LogP contribution in [0, 0.1) is 5.82 Å². The molecule has 0 saturated heterocycles. The topological polar surface area (TPSA) is 84.5 Å². The molecule has 0 spiro atoms. The monoisotopic (exact) mass is 502 g/mol. The number of carbonyl (C=O) groups excluding carboxylic acids is 1. The maximum absolute atomic E-state index is 13.3. The van der Waals surface area contributed by atoms with Gasteiger partial charge in [0.05, 0.1) is 10.5 Å². The Balaban J connectivity index is 1.59. The third-order valence-corrected chi connectivity index (χ3v) is 5.81. The van der Waals surface area contributed by atoms with Gasteiger partial charge in [0.1, 0.15) is 11.6 Å². The fraction of sp³-hybridized carbons (Fsp3) is 0.0952. The lowest BCUT2D eigenvalue weighted by Crippen LogP contribution is -2.21. The van der Waals surface area contributed by atoms with Gasteiger partial charge in [0.15, 0.2) is 6.61 Å². The molecule has 3 aromatic carbocycles. The van der Waals surface area contributed by atoms with Gasteiger partial charge >= 0.3 is 6.18 Å². The summed E-state index contributed by atoms with van der Waals surface area (Å²) in [6, 6.07) is 13.2. The van der Waals surface area contributed by atoms with E-state index < -0.39 is 40.1 Å². The number of sulfonamides is 1. The first kappa shape index (κ1) is 24.3. The molecule has 0 fully saturated rings. The average molecular weight is 503 g/mol. The molecule has 0 aliphatic heterocycles. The maximum atomic E-state index is 13.3. The lowest BCUT2D eigenvalue weighted by atomic mass is 10.2. The zero-order chi connectivity index (χ0) is 24.2. The number of nitrogens with one attached hydrogen (secondary N) is 2. The van der Waals surface area contributed by atoms with Crippen LogP contribution in [0.5, 0.6) is 5.75 Å². The highest BCUT2D eigenvalue weighted by atomic mass is 35.5. The smallest absolute Gasteiger partial charge is 0.419 e. The number of amides is 1. The number of hydrogen-bond donors (Lipinski definition) is 2. The third-order valence-electron chi connectivity index (χ3n) is 4.16. The molecular formula is C21H15ClF4N2O4S. The van der Waals surface area contributed by atoms with E-state index in [0.29, 0.717) is 22.8 Å². The predicted octanol–water partition coefficient (Wildman–Crippen LogP) is 5.32. The Kier molecular flexibility index (Phi) is 7.13. The van der Waals surface area contributed by atoms with Gasteiger partial charge in [0.25, 0.3) is 15.9 Å². The number of hydrogen-bond acceptors (Lipinski definition) is 4. The summed E-state index contributed by atoms with van der Waals surface area (Å²) in [5, 5.41) is 2.62. The van der Waals surface area contributed by atoms with Crippen molar-refractivity contribution in [1.29, 1.82) is 0 Å². The number of anilines is 2. The average Bonchev–Trinajstić information content (AvgIpc) is 2.75. The number of ether oxygens (including phenoxy) is 1. The summed E-state index contributed by atoms with van der Waals surface area (Å²) in [4.78, 5) is 11.9. The van der Waals surface area contributed by atoms with Gasteiger partial charge in [-0.15, -0.1) is 0 Å². The molecule has 0 heterocycles. The van der Waals surface area contributed by atoms with Crippen LogP contribution in [-0.4, -0.2) is 20.9 Å². The highest BCUT2D eigenvalue weighted by molar-refractivity contribution is 7.92. The molecule has 0 saturated carbocycles. The van der Waals surface area contributed by atoms with E-state index in [0.717, 1.165) is 6.07 Å². The van der Waals surface area contributed by atoms with Crippen LogP contribution in [0.2, 0.25) is 5.02 Å². The van der Waals surface area contributed by atoms with Crippen LogP contribution in [0.3, 0.4) is 0 Å². The van der Waals surface area contributed by atoms with Crippen LogP contribution in [-0.2, 0) is 21.0 Å². The van der Waals surface area contributed by atoms with E-state index in [2.05, 4.69) is 10.0 Å². The first-order valence-electron chi connectivity index (χ1n) is 9.12. The molecule has 174 valence electrons. The molecule has 0 radical (unpaired) electrons. The van der Waals surface area contributed by atoms with Gasteiger partial charge in [0, 0.05) is 16.4 Å². The maximum Gasteiger partial charge on any atom is 0.419 e. The lowest BCUT2D eigenvalue weighted by molar-refractivity contribution is -0.140. The SMILES string of the molecule is O=C(COc1ccc(S(=O)(=O)Nc2ccc(Cl)cc2)cc1)Nc1ccc(F)c(C(F)(F)F)c1. The Hall–Kier alpha value is -3.31. The largest absolute Gasteiger partial charge is 0.484 e. The normalized spacial score (nSPS) is 11.7. The van der Waals surface area contributed by atoms with Crippen molar-refractivity contribution in [2.45, 2.75) is 11.1 Å². The van der Waals surface area contributed by atoms with Gasteiger partial charge in [0.2, 0.25) is 0 Å². The molecule has 6 nitrogen and oxygen atoms in total. The highest BCUT2D eigenvalue weighted by Gasteiger charge is 2.34. The minimum atomic E-state index is -4.91. The van der Waals surface area contributed by atoms with Crippen LogP contribution < -0.4 is 14.8 Å². The van der Waals surface area contributed by atoms with Crippen molar-refractivity contribution in [3.63, 3.8) is 0 Å². The van der Waals surface area contributed by atoms with E-state index in [1.165, 1.54) is 48.5 Å². The molecule has 0 bridgehead atoms. The summed E-state index contributed by atoms with van der Waals surface area (Å²) < 4.78 is 84.1. The van der Waals surface area contributed by atoms with Gasteiger partial charge in [-0.1, -0.05) is 11.6 Å². The number of halogens is 5. The zero-order valence-corrected chi connectivity index (χ0v) is 18.1. The Labute approximate surface area is 191 Å². The molecule has 3 aromatic rings. The summed E-state index contributed by atoms with van der Waals surface area (Å²) in [6.45, 7) is -0.576. The van der Waals surface area contributed by atoms with Gasteiger partial charge in [-0.2, -0.15) is 13.2 Å². The second-order valence-electron chi connectivity index (χ2n) is 6.61. The minimum absolute atomic E-state index is 0.0692. The predicted molar refractivity (Wildman–Crippen MR) is 114 cm³/mol. The molecule has 12 heteroatoms. The van der Waals surface area contributed by atoms with Gasteiger partial charge in [-0.05, 0) is 66.7 Å². The first-order valence-corrected chi connectivity index (χ1v) is 11.0. The first-order chi connectivity index (χ1) is 15.4. The lowest BCUT2D eigenvalue weighted by Gasteiger charge is -2.12. The molecule has 0 aliphatic rings. The molecule has 33 heavy (non-hydrogen) atoms. The summed E-state index contributed by atoms with van der Waals surface area (Å²) in [7, 11) is -3.89. The van der Waals surface area contributed by atoms with Crippen molar-refractivity contribution in [3.05, 3.63) is 83.1 Å². The number of benzene rings is 3. The highest BCUT2D eigenvalue weighted by Crippen LogP contribution is 2.33. The van der Waals surface area contributed by atoms with Crippen LogP contribution in [0.4, 0.5) is 28.9 Å². The van der Waals surface area contributed by atoms with Crippen molar-refractivity contribution in [2.75, 3.05) is 16.6 Å². The molecule has 0 atom stereocenters. The minimum Gasteiger partial charge on any atom is -0.484 e. The van der Waals surface area contributed by atoms with Crippen LogP contribution in [0.15, 0.2) is 71.6 Å². The number of carbonyl (C=O) groups is 1. The summed E-state index contributed by atoms with van der Waals surface area (Å²) in [5.74, 6) is -2.11. The molecule has 0 aromatic heterocycles. The standard InChI is InChI=1S/C21H15ClF4N2O4S/c22-13-1-3-14(4-2-13)28-33(30,31)17-8-6-16(7-9-17)32-12-20(29)27-15-5-10-19(23)18(11-15)21(24,25)26/h1-11,28H,12H2,(H,27,29). The van der Waals surface area contributed by atoms with E-state index in [1.54, 1.807) is 0 Å². The van der Waals surface area contributed by atoms with Crippen molar-refractivity contribution >= 4 is 38.9 Å². The fourth-order valence-corrected chi connectivity index (χ4v) is 3.80. The Morgan fingerprint density at radius 3 is 2.15 bits per heavy atom. The van der Waals surface area contributed by atoms with E-state index >= 15 is 0 Å². The fourth-order valence-electron chi connectivity index (χ4n) is 2.61. The van der Waals surface area contributed by atoms with Crippen LogP contribution in [0.25, 0.3) is 0 Å². The van der Waals surface area contributed by atoms with Crippen LogP contribution >= 0.6 is 11.6 Å². The van der Waals surface area contributed by atoms with Crippen LogP contribution in [0.1, 0.15) is 5.56 Å². The van der Waals surface area contributed by atoms with Crippen molar-refractivity contribution in [3.8, 4) is 5.75 Å². The molecule has 0 unspecified atom stereocenters. The van der Waals surface area contributed by atoms with E-state index in [4.69, 9.17) is 16.3 Å². The zero-order valence-electron chi connectivity index (χ0n) is 16.5. The van der Waals surface area contributed by atoms with E-state index in [9.17, 15) is 30.8 Å². The summed E-state index contributed by atoms with van der Waals surface area (Å²) >= 11 is 5.77. The second kappa shape index (κ2) is 9.67. The van der Waals surface area contributed by atoms with E-state index in [1.807, 2.05) is 0 Å². The van der Waals surface area contributed by atoms with E-state index in [-0.39, 0.29) is 16.3 Å². The number of rotatable bonds is 7. The van der Waals surface area contributed by atoms with Crippen molar-refractivity contribution in [1.82, 2.24) is 0 Å². The van der Waals surface area contributed by atoms with Gasteiger partial charge < -0.3 is 10.1 Å². The van der Waals surface area contributed by atoms with Crippen molar-refractivity contribution < 1.29 is 35.5 Å². The Bertz CT molecular complexity index is 1250. The third kappa shape index (κ3) is 6.59. The molecule has 0 aliphatic carbocycles. The molecular weight excluding hydrogens is 488 g/mol. The second-order valence-corrected chi connectivity index (χ2v) is 8.73. The quantitative estimate of drug-likeness (QED) is 0.428. The Morgan fingerprint density at radius 2 is 1.55 bits per heavy atom. The van der Waals surface area contributed by atoms with Gasteiger partial charge in [-0.25, -0.2) is 12.8 Å². The summed E-state index contributed by atoms with van der Waals surface area (Å²) in [5.41, 5.74) is -1.46. The summed E-state index contributed by atoms with van der Waals surface area (Å²) in [6.07, 6.45) is -4.91. The van der Waals surface area contributed by atoms with Crippen molar-refractivity contribution in [2.24, 2.45) is 0 Å². The van der Waals surface area contributed by atoms with Gasteiger partial charge in [-0.3, -0.25) is 9.52 Å². The molecule has 2 N–H and O–H groups in total. The Morgan fingerprint density at radius 1 is 0.939 bits per heavy atom.